The van der Waals surface area contributed by atoms with Gasteiger partial charge in [0, 0.05) is 55.0 Å². The molecule has 1 N–H and O–H groups in total. The van der Waals surface area contributed by atoms with Crippen LogP contribution in [0.2, 0.25) is 0 Å². The number of rotatable bonds is 5. The number of nitrogens with zero attached hydrogens (tertiary/aromatic N) is 3. The average Bonchev–Trinajstić information content (AvgIpc) is 3.49. The standard InChI is InChI=1S/C28H28N4O3S/c1-15(2)27-29-12-23(36-27)21-10-19-20(13-32(6)28(34)25(19)30-21)18-11-24(33)31(5)14-22(18)35-26-16(3)8-7-9-17(26)4/h7-15,30H,1-6H3. The van der Waals surface area contributed by atoms with Gasteiger partial charge in [0.25, 0.3) is 11.1 Å². The summed E-state index contributed by atoms with van der Waals surface area (Å²) in [4.78, 5) is 34.6. The number of H-pyrrole nitrogens is 1. The Morgan fingerprint density at radius 1 is 1.00 bits per heavy atom. The highest BCUT2D eigenvalue weighted by atomic mass is 32.1. The van der Waals surface area contributed by atoms with Crippen molar-refractivity contribution < 1.29 is 4.74 Å². The highest BCUT2D eigenvalue weighted by molar-refractivity contribution is 7.15. The van der Waals surface area contributed by atoms with Crippen molar-refractivity contribution in [3.05, 3.63) is 85.8 Å². The third kappa shape index (κ3) is 4.07. The molecule has 1 aromatic carbocycles. The van der Waals surface area contributed by atoms with Gasteiger partial charge >= 0.3 is 0 Å². The van der Waals surface area contributed by atoms with Gasteiger partial charge in [0.15, 0.2) is 5.75 Å². The maximum absolute atomic E-state index is 13.1. The van der Waals surface area contributed by atoms with Gasteiger partial charge in [0.2, 0.25) is 0 Å². The fourth-order valence-corrected chi connectivity index (χ4v) is 5.22. The summed E-state index contributed by atoms with van der Waals surface area (Å²) in [5.41, 5.74) is 4.34. The number of nitrogens with one attached hydrogen (secondary N) is 1. The van der Waals surface area contributed by atoms with Crippen LogP contribution in [-0.2, 0) is 14.1 Å². The van der Waals surface area contributed by atoms with Crippen molar-refractivity contribution in [3.63, 3.8) is 0 Å². The Kier molecular flexibility index (Phi) is 5.92. The van der Waals surface area contributed by atoms with E-state index < -0.39 is 0 Å². The van der Waals surface area contributed by atoms with Crippen LogP contribution in [0, 0.1) is 13.8 Å². The molecule has 36 heavy (non-hydrogen) atoms. The Morgan fingerprint density at radius 3 is 2.39 bits per heavy atom. The molecule has 0 saturated heterocycles. The van der Waals surface area contributed by atoms with Gasteiger partial charge in [-0.3, -0.25) is 9.59 Å². The van der Waals surface area contributed by atoms with E-state index >= 15 is 0 Å². The summed E-state index contributed by atoms with van der Waals surface area (Å²) in [5, 5.41) is 1.76. The van der Waals surface area contributed by atoms with Crippen LogP contribution in [0.4, 0.5) is 0 Å². The molecule has 5 aromatic rings. The second-order valence-electron chi connectivity index (χ2n) is 9.47. The van der Waals surface area contributed by atoms with Crippen molar-refractivity contribution in [3.8, 4) is 33.2 Å². The quantitative estimate of drug-likeness (QED) is 0.326. The number of thiazole rings is 1. The molecule has 0 bridgehead atoms. The highest BCUT2D eigenvalue weighted by Crippen LogP contribution is 2.39. The van der Waals surface area contributed by atoms with Gasteiger partial charge in [-0.05, 0) is 31.0 Å². The minimum absolute atomic E-state index is 0.144. The molecule has 4 heterocycles. The minimum atomic E-state index is -0.166. The third-order valence-corrected chi connectivity index (χ3v) is 7.68. The number of hydrogen-bond acceptors (Lipinski definition) is 5. The molecule has 4 aromatic heterocycles. The number of fused-ring (bicyclic) bond motifs is 1. The van der Waals surface area contributed by atoms with Gasteiger partial charge in [0.05, 0.1) is 21.8 Å². The van der Waals surface area contributed by atoms with Gasteiger partial charge in [-0.1, -0.05) is 32.0 Å². The normalized spacial score (nSPS) is 11.5. The van der Waals surface area contributed by atoms with Crippen molar-refractivity contribution >= 4 is 22.2 Å². The molecule has 8 heteroatoms. The van der Waals surface area contributed by atoms with E-state index in [1.807, 2.05) is 44.3 Å². The van der Waals surface area contributed by atoms with E-state index in [-0.39, 0.29) is 11.1 Å². The lowest BCUT2D eigenvalue weighted by atomic mass is 10.0. The number of aromatic amines is 1. The first-order valence-corrected chi connectivity index (χ1v) is 12.6. The lowest BCUT2D eigenvalue weighted by Crippen LogP contribution is -2.18. The molecular weight excluding hydrogens is 472 g/mol. The predicted octanol–water partition coefficient (Wildman–Crippen LogP) is 5.89. The van der Waals surface area contributed by atoms with Gasteiger partial charge < -0.3 is 18.9 Å². The lowest BCUT2D eigenvalue weighted by Gasteiger charge is -2.17. The Balaban J connectivity index is 1.74. The first kappa shape index (κ1) is 23.8. The Bertz CT molecular complexity index is 1720. The molecule has 0 atom stereocenters. The van der Waals surface area contributed by atoms with Gasteiger partial charge in [-0.25, -0.2) is 4.98 Å². The van der Waals surface area contributed by atoms with Crippen molar-refractivity contribution in [2.75, 3.05) is 0 Å². The first-order valence-electron chi connectivity index (χ1n) is 11.8. The third-order valence-electron chi connectivity index (χ3n) is 6.35. The number of aromatic nitrogens is 4. The fraction of sp³-hybridized carbons (Fsp3) is 0.250. The Labute approximate surface area is 212 Å². The van der Waals surface area contributed by atoms with Crippen LogP contribution in [0.5, 0.6) is 11.5 Å². The van der Waals surface area contributed by atoms with Crippen LogP contribution in [0.1, 0.15) is 35.9 Å². The van der Waals surface area contributed by atoms with Crippen LogP contribution in [-0.4, -0.2) is 19.1 Å². The average molecular weight is 501 g/mol. The first-order chi connectivity index (χ1) is 17.1. The molecule has 5 rings (SSSR count). The fourth-order valence-electron chi connectivity index (χ4n) is 4.33. The van der Waals surface area contributed by atoms with Gasteiger partial charge in [0.1, 0.15) is 11.3 Å². The largest absolute Gasteiger partial charge is 0.455 e. The summed E-state index contributed by atoms with van der Waals surface area (Å²) >= 11 is 1.60. The summed E-state index contributed by atoms with van der Waals surface area (Å²) in [7, 11) is 3.41. The summed E-state index contributed by atoms with van der Waals surface area (Å²) in [6.45, 7) is 8.20. The van der Waals surface area contributed by atoms with Crippen molar-refractivity contribution in [1.82, 2.24) is 19.1 Å². The van der Waals surface area contributed by atoms with E-state index in [2.05, 4.69) is 23.8 Å². The van der Waals surface area contributed by atoms with Crippen LogP contribution in [0.3, 0.4) is 0 Å². The van der Waals surface area contributed by atoms with Crippen LogP contribution >= 0.6 is 11.3 Å². The van der Waals surface area contributed by atoms with Crippen LogP contribution < -0.4 is 15.9 Å². The molecule has 0 saturated carbocycles. The van der Waals surface area contributed by atoms with E-state index in [4.69, 9.17) is 4.74 Å². The molecule has 0 aliphatic carbocycles. The molecule has 0 unspecified atom stereocenters. The maximum atomic E-state index is 13.1. The molecule has 0 aliphatic rings. The number of pyridine rings is 2. The number of aryl methyl sites for hydroxylation is 4. The smallest absolute Gasteiger partial charge is 0.274 e. The van der Waals surface area contributed by atoms with E-state index in [1.165, 1.54) is 9.13 Å². The maximum Gasteiger partial charge on any atom is 0.274 e. The molecule has 7 nitrogen and oxygen atoms in total. The van der Waals surface area contributed by atoms with E-state index in [0.29, 0.717) is 22.7 Å². The molecule has 0 aliphatic heterocycles. The number of benzene rings is 1. The second kappa shape index (κ2) is 8.95. The summed E-state index contributed by atoms with van der Waals surface area (Å²) in [6, 6.07) is 9.50. The number of hydrogen-bond donors (Lipinski definition) is 1. The van der Waals surface area contributed by atoms with Crippen LogP contribution in [0.15, 0.2) is 58.5 Å². The van der Waals surface area contributed by atoms with Crippen molar-refractivity contribution in [1.29, 1.82) is 0 Å². The zero-order chi connectivity index (χ0) is 25.7. The molecule has 0 fully saturated rings. The summed E-state index contributed by atoms with van der Waals surface area (Å²) in [5.74, 6) is 1.61. The Morgan fingerprint density at radius 2 is 1.72 bits per heavy atom. The molecular formula is C28H28N4O3S. The Hall–Kier alpha value is -3.91. The molecule has 0 radical (unpaired) electrons. The van der Waals surface area contributed by atoms with E-state index in [0.717, 1.165) is 43.4 Å². The monoisotopic (exact) mass is 500 g/mol. The molecule has 0 spiro atoms. The number of para-hydroxylation sites is 1. The highest BCUT2D eigenvalue weighted by Gasteiger charge is 2.20. The predicted molar refractivity (Wildman–Crippen MR) is 145 cm³/mol. The van der Waals surface area contributed by atoms with Crippen LogP contribution in [0.25, 0.3) is 32.6 Å². The van der Waals surface area contributed by atoms with Gasteiger partial charge in [-0.15, -0.1) is 11.3 Å². The zero-order valence-corrected chi connectivity index (χ0v) is 22.0. The lowest BCUT2D eigenvalue weighted by molar-refractivity contribution is 0.470. The zero-order valence-electron chi connectivity index (χ0n) is 21.2. The topological polar surface area (TPSA) is 81.9 Å². The minimum Gasteiger partial charge on any atom is -0.455 e. The van der Waals surface area contributed by atoms with Crippen molar-refractivity contribution in [2.45, 2.75) is 33.6 Å². The number of ether oxygens (including phenoxy) is 1. The molecule has 184 valence electrons. The van der Waals surface area contributed by atoms with Crippen molar-refractivity contribution in [2.24, 2.45) is 14.1 Å². The SMILES string of the molecule is Cc1cccc(C)c1Oc1cn(C)c(=O)cc1-c1cn(C)c(=O)c2[nH]c(-c3cnc(C(C)C)s3)cc12. The molecule has 0 amide bonds. The summed E-state index contributed by atoms with van der Waals surface area (Å²) in [6.07, 6.45) is 5.30. The van der Waals surface area contributed by atoms with E-state index in [9.17, 15) is 9.59 Å². The van der Waals surface area contributed by atoms with E-state index in [1.54, 1.807) is 43.9 Å². The summed E-state index contributed by atoms with van der Waals surface area (Å²) < 4.78 is 9.47. The second-order valence-corrected chi connectivity index (χ2v) is 10.5. The van der Waals surface area contributed by atoms with Gasteiger partial charge in [-0.2, -0.15) is 0 Å².